The molecule has 5 heteroatoms. The van der Waals surface area contributed by atoms with Gasteiger partial charge in [0.2, 0.25) is 0 Å². The van der Waals surface area contributed by atoms with E-state index >= 15 is 0 Å². The number of amides is 2. The van der Waals surface area contributed by atoms with Gasteiger partial charge in [-0.3, -0.25) is 9.59 Å². The van der Waals surface area contributed by atoms with Gasteiger partial charge in [-0.05, 0) is 44.5 Å². The summed E-state index contributed by atoms with van der Waals surface area (Å²) in [6.07, 6.45) is 1.87. The van der Waals surface area contributed by atoms with E-state index in [1.165, 1.54) is 4.90 Å². The van der Waals surface area contributed by atoms with Gasteiger partial charge in [-0.1, -0.05) is 6.07 Å². The van der Waals surface area contributed by atoms with E-state index in [1.54, 1.807) is 38.4 Å². The molecule has 2 amide bonds. The highest BCUT2D eigenvalue weighted by atomic mass is 16.2. The molecule has 2 rings (SSSR count). The maximum absolute atomic E-state index is 12.3. The van der Waals surface area contributed by atoms with Crippen molar-refractivity contribution < 1.29 is 9.59 Å². The third-order valence-electron chi connectivity index (χ3n) is 3.74. The highest BCUT2D eigenvalue weighted by Crippen LogP contribution is 2.11. The fourth-order valence-corrected chi connectivity index (χ4v) is 2.58. The standard InChI is InChI=1S/C16H23N3O2/c1-11-9-14(7-8-17-11)18-15(20)12-5-4-6-13(10-12)16(21)19(2)3/h4-6,10-11,14,17H,7-9H2,1-3H3,(H,18,20). The van der Waals surface area contributed by atoms with Crippen molar-refractivity contribution in [2.75, 3.05) is 20.6 Å². The summed E-state index contributed by atoms with van der Waals surface area (Å²) in [6.45, 7) is 3.04. The summed E-state index contributed by atoms with van der Waals surface area (Å²) >= 11 is 0. The van der Waals surface area contributed by atoms with Crippen LogP contribution in [0.4, 0.5) is 0 Å². The lowest BCUT2D eigenvalue weighted by Crippen LogP contribution is -2.46. The van der Waals surface area contributed by atoms with Crippen LogP contribution in [0.25, 0.3) is 0 Å². The lowest BCUT2D eigenvalue weighted by molar-refractivity contribution is 0.0827. The van der Waals surface area contributed by atoms with Gasteiger partial charge < -0.3 is 15.5 Å². The smallest absolute Gasteiger partial charge is 0.253 e. The summed E-state index contributed by atoms with van der Waals surface area (Å²) < 4.78 is 0. The van der Waals surface area contributed by atoms with Crippen molar-refractivity contribution in [1.82, 2.24) is 15.5 Å². The quantitative estimate of drug-likeness (QED) is 0.880. The number of piperidine rings is 1. The van der Waals surface area contributed by atoms with Crippen LogP contribution in [0.2, 0.25) is 0 Å². The number of carbonyl (C=O) groups excluding carboxylic acids is 2. The first-order chi connectivity index (χ1) is 9.97. The molecule has 0 radical (unpaired) electrons. The summed E-state index contributed by atoms with van der Waals surface area (Å²) in [7, 11) is 3.40. The van der Waals surface area contributed by atoms with Gasteiger partial charge in [-0.2, -0.15) is 0 Å². The molecular weight excluding hydrogens is 266 g/mol. The van der Waals surface area contributed by atoms with Crippen molar-refractivity contribution >= 4 is 11.8 Å². The molecule has 1 aromatic carbocycles. The van der Waals surface area contributed by atoms with Crippen molar-refractivity contribution in [3.05, 3.63) is 35.4 Å². The van der Waals surface area contributed by atoms with Gasteiger partial charge in [-0.15, -0.1) is 0 Å². The van der Waals surface area contributed by atoms with E-state index in [0.29, 0.717) is 17.2 Å². The van der Waals surface area contributed by atoms with Crippen molar-refractivity contribution in [2.45, 2.75) is 31.8 Å². The molecule has 1 aliphatic rings. The fraction of sp³-hybridized carbons (Fsp3) is 0.500. The zero-order valence-corrected chi connectivity index (χ0v) is 12.8. The van der Waals surface area contributed by atoms with Crippen molar-refractivity contribution in [1.29, 1.82) is 0 Å². The van der Waals surface area contributed by atoms with Gasteiger partial charge in [0.25, 0.3) is 11.8 Å². The number of hydrogen-bond donors (Lipinski definition) is 2. The molecule has 1 aliphatic heterocycles. The molecule has 2 atom stereocenters. The lowest BCUT2D eigenvalue weighted by Gasteiger charge is -2.28. The van der Waals surface area contributed by atoms with E-state index in [9.17, 15) is 9.59 Å². The Kier molecular flexibility index (Phi) is 4.96. The minimum Gasteiger partial charge on any atom is -0.349 e. The molecule has 2 N–H and O–H groups in total. The number of carbonyl (C=O) groups is 2. The van der Waals surface area contributed by atoms with E-state index in [0.717, 1.165) is 19.4 Å². The van der Waals surface area contributed by atoms with Gasteiger partial charge in [0.15, 0.2) is 0 Å². The molecule has 0 aliphatic carbocycles. The second-order valence-electron chi connectivity index (χ2n) is 5.83. The maximum atomic E-state index is 12.3. The van der Waals surface area contributed by atoms with E-state index in [4.69, 9.17) is 0 Å². The number of benzene rings is 1. The first-order valence-electron chi connectivity index (χ1n) is 7.33. The Morgan fingerprint density at radius 2 is 2.00 bits per heavy atom. The average Bonchev–Trinajstić information content (AvgIpc) is 2.46. The molecule has 1 heterocycles. The second kappa shape index (κ2) is 6.72. The van der Waals surface area contributed by atoms with E-state index < -0.39 is 0 Å². The summed E-state index contributed by atoms with van der Waals surface area (Å²) in [5.41, 5.74) is 1.07. The number of hydrogen-bond acceptors (Lipinski definition) is 3. The lowest BCUT2D eigenvalue weighted by atomic mass is 10.00. The summed E-state index contributed by atoms with van der Waals surface area (Å²) in [6, 6.07) is 7.49. The van der Waals surface area contributed by atoms with Crippen LogP contribution in [0.1, 0.15) is 40.5 Å². The fourth-order valence-electron chi connectivity index (χ4n) is 2.58. The summed E-state index contributed by atoms with van der Waals surface area (Å²) in [5.74, 6) is -0.206. The molecule has 1 saturated heterocycles. The molecule has 1 aromatic rings. The zero-order chi connectivity index (χ0) is 15.4. The van der Waals surface area contributed by atoms with Crippen LogP contribution in [0, 0.1) is 0 Å². The third kappa shape index (κ3) is 4.04. The van der Waals surface area contributed by atoms with Gasteiger partial charge in [0, 0.05) is 37.3 Å². The molecule has 0 aromatic heterocycles. The first-order valence-corrected chi connectivity index (χ1v) is 7.33. The molecule has 0 spiro atoms. The Hall–Kier alpha value is -1.88. The Morgan fingerprint density at radius 1 is 1.29 bits per heavy atom. The number of rotatable bonds is 3. The van der Waals surface area contributed by atoms with Crippen LogP contribution >= 0.6 is 0 Å². The van der Waals surface area contributed by atoms with Crippen LogP contribution < -0.4 is 10.6 Å². The van der Waals surface area contributed by atoms with Crippen LogP contribution in [0.5, 0.6) is 0 Å². The van der Waals surface area contributed by atoms with E-state index in [-0.39, 0.29) is 17.9 Å². The first kappa shape index (κ1) is 15.5. The largest absolute Gasteiger partial charge is 0.349 e. The van der Waals surface area contributed by atoms with Crippen molar-refractivity contribution in [3.63, 3.8) is 0 Å². The minimum atomic E-state index is -0.109. The highest BCUT2D eigenvalue weighted by Gasteiger charge is 2.21. The summed E-state index contributed by atoms with van der Waals surface area (Å²) in [5, 5.41) is 6.42. The Bertz CT molecular complexity index is 528. The molecule has 114 valence electrons. The van der Waals surface area contributed by atoms with Crippen LogP contribution in [0.15, 0.2) is 24.3 Å². The van der Waals surface area contributed by atoms with Gasteiger partial charge >= 0.3 is 0 Å². The number of nitrogens with one attached hydrogen (secondary N) is 2. The monoisotopic (exact) mass is 289 g/mol. The van der Waals surface area contributed by atoms with Gasteiger partial charge in [-0.25, -0.2) is 0 Å². The van der Waals surface area contributed by atoms with Gasteiger partial charge in [0.1, 0.15) is 0 Å². The second-order valence-corrected chi connectivity index (χ2v) is 5.83. The molecule has 2 unspecified atom stereocenters. The topological polar surface area (TPSA) is 61.4 Å². The van der Waals surface area contributed by atoms with Crippen LogP contribution in [-0.2, 0) is 0 Å². The van der Waals surface area contributed by atoms with E-state index in [1.807, 2.05) is 0 Å². The normalized spacial score (nSPS) is 21.7. The predicted octanol–water partition coefficient (Wildman–Crippen LogP) is 1.26. The zero-order valence-electron chi connectivity index (χ0n) is 12.8. The molecule has 21 heavy (non-hydrogen) atoms. The van der Waals surface area contributed by atoms with E-state index in [2.05, 4.69) is 17.6 Å². The maximum Gasteiger partial charge on any atom is 0.253 e. The summed E-state index contributed by atoms with van der Waals surface area (Å²) in [4.78, 5) is 25.8. The Balaban J connectivity index is 2.05. The van der Waals surface area contributed by atoms with Crippen molar-refractivity contribution in [2.24, 2.45) is 0 Å². The third-order valence-corrected chi connectivity index (χ3v) is 3.74. The molecule has 1 fully saturated rings. The minimum absolute atomic E-state index is 0.0971. The van der Waals surface area contributed by atoms with Crippen LogP contribution in [-0.4, -0.2) is 49.4 Å². The molecule has 5 nitrogen and oxygen atoms in total. The van der Waals surface area contributed by atoms with Crippen molar-refractivity contribution in [3.8, 4) is 0 Å². The molecule has 0 saturated carbocycles. The average molecular weight is 289 g/mol. The molecular formula is C16H23N3O2. The SMILES string of the molecule is CC1CC(NC(=O)c2cccc(C(=O)N(C)C)c2)CCN1. The number of nitrogens with zero attached hydrogens (tertiary/aromatic N) is 1. The Labute approximate surface area is 125 Å². The van der Waals surface area contributed by atoms with Gasteiger partial charge in [0.05, 0.1) is 0 Å². The molecule has 0 bridgehead atoms. The highest BCUT2D eigenvalue weighted by molar-refractivity contribution is 5.99. The Morgan fingerprint density at radius 3 is 2.67 bits per heavy atom. The predicted molar refractivity (Wildman–Crippen MR) is 82.4 cm³/mol. The van der Waals surface area contributed by atoms with Crippen LogP contribution in [0.3, 0.4) is 0 Å².